The van der Waals surface area contributed by atoms with Crippen LogP contribution in [-0.4, -0.2) is 24.8 Å². The molecule has 1 N–H and O–H groups in total. The molecule has 0 aromatic carbocycles. The van der Waals surface area contributed by atoms with Crippen LogP contribution in [0.4, 0.5) is 0 Å². The summed E-state index contributed by atoms with van der Waals surface area (Å²) in [5.41, 5.74) is 1.68. The highest BCUT2D eigenvalue weighted by atomic mass is 16.5. The topological polar surface area (TPSA) is 77.0 Å². The van der Waals surface area contributed by atoms with Crippen LogP contribution in [0.25, 0.3) is 11.0 Å². The number of aliphatic hydroxyl groups is 1. The molecule has 0 radical (unpaired) electrons. The largest absolute Gasteiger partial charge is 0.392 e. The van der Waals surface area contributed by atoms with Gasteiger partial charge in [0, 0.05) is 29.3 Å². The quantitative estimate of drug-likeness (QED) is 0.782. The number of rotatable bonds is 4. The Bertz CT molecular complexity index is 757. The SMILES string of the molecule is OCc1cn(Cc2nc(C3CC3)no2)c2ncccc12. The van der Waals surface area contributed by atoms with E-state index < -0.39 is 0 Å². The Labute approximate surface area is 115 Å². The van der Waals surface area contributed by atoms with Gasteiger partial charge in [-0.1, -0.05) is 5.16 Å². The number of nitrogens with zero attached hydrogens (tertiary/aromatic N) is 4. The lowest BCUT2D eigenvalue weighted by Gasteiger charge is -1.99. The summed E-state index contributed by atoms with van der Waals surface area (Å²) in [6, 6.07) is 3.82. The summed E-state index contributed by atoms with van der Waals surface area (Å²) < 4.78 is 7.23. The van der Waals surface area contributed by atoms with Crippen LogP contribution in [0.3, 0.4) is 0 Å². The van der Waals surface area contributed by atoms with Gasteiger partial charge in [-0.2, -0.15) is 4.98 Å². The molecule has 0 unspecified atom stereocenters. The molecule has 0 aliphatic heterocycles. The third-order valence-corrected chi connectivity index (χ3v) is 3.62. The standard InChI is InChI=1S/C14H14N4O2/c19-8-10-6-18(14-11(10)2-1-5-15-14)7-12-16-13(17-20-12)9-3-4-9/h1-2,5-6,9,19H,3-4,7-8H2. The van der Waals surface area contributed by atoms with E-state index in [1.165, 1.54) is 0 Å². The molecule has 0 bridgehead atoms. The Morgan fingerprint density at radius 2 is 2.30 bits per heavy atom. The minimum atomic E-state index is -0.00759. The lowest BCUT2D eigenvalue weighted by atomic mass is 10.2. The minimum absolute atomic E-state index is 0.00759. The molecule has 3 aromatic heterocycles. The van der Waals surface area contributed by atoms with Crippen molar-refractivity contribution in [2.75, 3.05) is 0 Å². The van der Waals surface area contributed by atoms with Gasteiger partial charge in [-0.15, -0.1) is 0 Å². The van der Waals surface area contributed by atoms with Gasteiger partial charge in [0.05, 0.1) is 6.61 Å². The third-order valence-electron chi connectivity index (χ3n) is 3.62. The van der Waals surface area contributed by atoms with E-state index in [0.717, 1.165) is 35.3 Å². The summed E-state index contributed by atoms with van der Waals surface area (Å²) in [6.45, 7) is 0.472. The zero-order valence-electron chi connectivity index (χ0n) is 10.9. The molecule has 0 spiro atoms. The van der Waals surface area contributed by atoms with Crippen molar-refractivity contribution in [3.8, 4) is 0 Å². The Hall–Kier alpha value is -2.21. The molecule has 0 saturated heterocycles. The van der Waals surface area contributed by atoms with Gasteiger partial charge < -0.3 is 14.2 Å². The van der Waals surface area contributed by atoms with Crippen LogP contribution < -0.4 is 0 Å². The monoisotopic (exact) mass is 270 g/mol. The van der Waals surface area contributed by atoms with E-state index in [1.807, 2.05) is 22.9 Å². The van der Waals surface area contributed by atoms with Gasteiger partial charge in [0.25, 0.3) is 0 Å². The normalized spacial score (nSPS) is 15.1. The van der Waals surface area contributed by atoms with Crippen molar-refractivity contribution in [1.82, 2.24) is 19.7 Å². The summed E-state index contributed by atoms with van der Waals surface area (Å²) in [7, 11) is 0. The van der Waals surface area contributed by atoms with Crippen molar-refractivity contribution in [2.24, 2.45) is 0 Å². The van der Waals surface area contributed by atoms with E-state index in [9.17, 15) is 5.11 Å². The van der Waals surface area contributed by atoms with E-state index in [2.05, 4.69) is 15.1 Å². The first-order valence-corrected chi connectivity index (χ1v) is 6.71. The van der Waals surface area contributed by atoms with Crippen molar-refractivity contribution in [3.05, 3.63) is 41.8 Å². The van der Waals surface area contributed by atoms with E-state index in [0.29, 0.717) is 18.4 Å². The molecule has 1 saturated carbocycles. The number of aromatic nitrogens is 4. The van der Waals surface area contributed by atoms with Crippen LogP contribution in [0, 0.1) is 0 Å². The predicted molar refractivity (Wildman–Crippen MR) is 71.0 cm³/mol. The van der Waals surface area contributed by atoms with Crippen LogP contribution in [0.1, 0.15) is 36.0 Å². The van der Waals surface area contributed by atoms with Gasteiger partial charge >= 0.3 is 0 Å². The zero-order valence-corrected chi connectivity index (χ0v) is 10.9. The molecule has 102 valence electrons. The van der Waals surface area contributed by atoms with E-state index >= 15 is 0 Å². The van der Waals surface area contributed by atoms with Crippen LogP contribution in [0.15, 0.2) is 29.0 Å². The van der Waals surface area contributed by atoms with Gasteiger partial charge in [0.1, 0.15) is 12.2 Å². The maximum absolute atomic E-state index is 9.41. The average molecular weight is 270 g/mol. The second kappa shape index (κ2) is 4.42. The summed E-state index contributed by atoms with van der Waals surface area (Å²) in [6.07, 6.45) is 5.94. The summed E-state index contributed by atoms with van der Waals surface area (Å²) in [4.78, 5) is 8.78. The predicted octanol–water partition coefficient (Wildman–Crippen LogP) is 1.84. The maximum atomic E-state index is 9.41. The summed E-state index contributed by atoms with van der Waals surface area (Å²) >= 11 is 0. The number of aliphatic hydroxyl groups excluding tert-OH is 1. The first-order chi connectivity index (χ1) is 9.85. The number of pyridine rings is 1. The minimum Gasteiger partial charge on any atom is -0.392 e. The van der Waals surface area contributed by atoms with Crippen LogP contribution in [0.5, 0.6) is 0 Å². The smallest absolute Gasteiger partial charge is 0.246 e. The molecule has 3 aromatic rings. The van der Waals surface area contributed by atoms with Gasteiger partial charge in [-0.25, -0.2) is 4.98 Å². The number of hydrogen-bond acceptors (Lipinski definition) is 5. The van der Waals surface area contributed by atoms with Crippen molar-refractivity contribution >= 4 is 11.0 Å². The Balaban J connectivity index is 1.70. The Kier molecular flexibility index (Phi) is 2.56. The van der Waals surface area contributed by atoms with Crippen molar-refractivity contribution in [3.63, 3.8) is 0 Å². The fourth-order valence-electron chi connectivity index (χ4n) is 2.43. The first-order valence-electron chi connectivity index (χ1n) is 6.71. The third kappa shape index (κ3) is 1.89. The van der Waals surface area contributed by atoms with Gasteiger partial charge in [-0.05, 0) is 25.0 Å². The summed E-state index contributed by atoms with van der Waals surface area (Å²) in [5.74, 6) is 1.88. The zero-order chi connectivity index (χ0) is 13.5. The fraction of sp³-hybridized carbons (Fsp3) is 0.357. The molecule has 1 aliphatic carbocycles. The van der Waals surface area contributed by atoms with E-state index in [4.69, 9.17) is 4.52 Å². The lowest BCUT2D eigenvalue weighted by molar-refractivity contribution is 0.283. The summed E-state index contributed by atoms with van der Waals surface area (Å²) in [5, 5.41) is 14.4. The molecule has 20 heavy (non-hydrogen) atoms. The van der Waals surface area contributed by atoms with Crippen LogP contribution >= 0.6 is 0 Å². The molecule has 4 rings (SSSR count). The van der Waals surface area contributed by atoms with Gasteiger partial charge in [0.15, 0.2) is 5.82 Å². The maximum Gasteiger partial charge on any atom is 0.246 e. The van der Waals surface area contributed by atoms with Gasteiger partial charge in [-0.3, -0.25) is 0 Å². The molecule has 3 heterocycles. The molecule has 6 heteroatoms. The molecule has 1 fully saturated rings. The number of hydrogen-bond donors (Lipinski definition) is 1. The molecule has 6 nitrogen and oxygen atoms in total. The number of fused-ring (bicyclic) bond motifs is 1. The molecule has 0 atom stereocenters. The van der Waals surface area contributed by atoms with Gasteiger partial charge in [0.2, 0.25) is 5.89 Å². The fourth-order valence-corrected chi connectivity index (χ4v) is 2.43. The van der Waals surface area contributed by atoms with Crippen molar-refractivity contribution in [2.45, 2.75) is 31.9 Å². The molecule has 0 amide bonds. The highest BCUT2D eigenvalue weighted by Gasteiger charge is 2.28. The van der Waals surface area contributed by atoms with Crippen molar-refractivity contribution < 1.29 is 9.63 Å². The second-order valence-corrected chi connectivity index (χ2v) is 5.14. The molecular formula is C14H14N4O2. The van der Waals surface area contributed by atoms with Crippen LogP contribution in [-0.2, 0) is 13.2 Å². The molecular weight excluding hydrogens is 256 g/mol. The Morgan fingerprint density at radius 3 is 3.10 bits per heavy atom. The molecule has 1 aliphatic rings. The van der Waals surface area contributed by atoms with E-state index in [-0.39, 0.29) is 6.61 Å². The van der Waals surface area contributed by atoms with E-state index in [1.54, 1.807) is 6.20 Å². The second-order valence-electron chi connectivity index (χ2n) is 5.14. The highest BCUT2D eigenvalue weighted by Crippen LogP contribution is 2.38. The lowest BCUT2D eigenvalue weighted by Crippen LogP contribution is -1.99. The van der Waals surface area contributed by atoms with Crippen LogP contribution in [0.2, 0.25) is 0 Å². The first kappa shape index (κ1) is 11.6. The Morgan fingerprint density at radius 1 is 1.40 bits per heavy atom. The van der Waals surface area contributed by atoms with Crippen molar-refractivity contribution in [1.29, 1.82) is 0 Å². The average Bonchev–Trinajstić information content (AvgIpc) is 3.13. The highest BCUT2D eigenvalue weighted by molar-refractivity contribution is 5.80.